The van der Waals surface area contributed by atoms with Gasteiger partial charge in [-0.3, -0.25) is 16.8 Å². The Morgan fingerprint density at radius 3 is 1.11 bits per heavy atom. The van der Waals surface area contributed by atoms with E-state index in [-0.39, 0.29) is 0 Å². The predicted octanol–water partition coefficient (Wildman–Crippen LogP) is -1.66. The first-order valence-electron chi connectivity index (χ1n) is 2.06. The van der Waals surface area contributed by atoms with E-state index in [1.165, 1.54) is 0 Å². The highest BCUT2D eigenvalue weighted by Crippen LogP contribution is 1.85. The molecule has 0 aromatic carbocycles. The van der Waals surface area contributed by atoms with Crippen LogP contribution in [-0.2, 0) is 16.4 Å². The molecule has 0 bridgehead atoms. The van der Waals surface area contributed by atoms with E-state index in [2.05, 4.69) is 0 Å². The summed E-state index contributed by atoms with van der Waals surface area (Å²) < 4.78 is 41.3. The van der Waals surface area contributed by atoms with Gasteiger partial charge in [-0.15, -0.1) is 0 Å². The van der Waals surface area contributed by atoms with Crippen molar-refractivity contribution in [3.05, 3.63) is 0 Å². The molecule has 0 fully saturated rings. The van der Waals surface area contributed by atoms with Gasteiger partial charge >= 0.3 is 13.0 Å². The standard InChI is InChI=1S/2CH3O2S.Al.H/c2*1-4(2)3;;/h2*1H3;;. The van der Waals surface area contributed by atoms with Crippen LogP contribution in [0.3, 0.4) is 0 Å². The van der Waals surface area contributed by atoms with E-state index in [9.17, 15) is 16.8 Å². The monoisotopic (exact) mass is 186 g/mol. The van der Waals surface area contributed by atoms with Gasteiger partial charge in [0.25, 0.3) is 0 Å². The van der Waals surface area contributed by atoms with E-state index < -0.39 is 29.4 Å². The molecule has 0 heterocycles. The molecule has 7 heteroatoms. The highest BCUT2D eigenvalue weighted by molar-refractivity contribution is 8.42. The Kier molecular flexibility index (Phi) is 2.71. The van der Waals surface area contributed by atoms with Gasteiger partial charge in [0.05, 0.1) is 16.4 Å². The largest absolute Gasteiger partial charge is 0.608 e. The Hall–Kier alpha value is 0.432. The van der Waals surface area contributed by atoms with Crippen LogP contribution in [-0.4, -0.2) is 42.3 Å². The lowest BCUT2D eigenvalue weighted by molar-refractivity contribution is 0.611. The first-order valence-corrected chi connectivity index (χ1v) is 9.65. The molecule has 0 aromatic heterocycles. The number of rotatable bonds is 2. The highest BCUT2D eigenvalue weighted by Gasteiger charge is 2.20. The predicted molar refractivity (Wildman–Crippen MR) is 36.8 cm³/mol. The van der Waals surface area contributed by atoms with Crippen LogP contribution in [0.1, 0.15) is 0 Å². The summed E-state index contributed by atoms with van der Waals surface area (Å²) in [6, 6.07) is 0. The van der Waals surface area contributed by atoms with Crippen LogP contribution >= 0.6 is 0 Å². The van der Waals surface area contributed by atoms with Crippen molar-refractivity contribution >= 4 is 29.4 Å². The van der Waals surface area contributed by atoms with E-state index in [4.69, 9.17) is 0 Å². The van der Waals surface area contributed by atoms with Crippen molar-refractivity contribution in [1.29, 1.82) is 0 Å². The number of hydrogen-bond donors (Lipinski definition) is 0. The molecule has 4 nitrogen and oxygen atoms in total. The quantitative estimate of drug-likeness (QED) is 0.484. The van der Waals surface area contributed by atoms with Gasteiger partial charge in [0.2, 0.25) is 0 Å². The van der Waals surface area contributed by atoms with Gasteiger partial charge in [-0.05, 0) is 0 Å². The Morgan fingerprint density at radius 2 is 1.11 bits per heavy atom. The maximum absolute atomic E-state index is 10.3. The van der Waals surface area contributed by atoms with E-state index in [0.29, 0.717) is 0 Å². The molecule has 0 aromatic rings. The summed E-state index contributed by atoms with van der Waals surface area (Å²) in [5.74, 6) is 0. The summed E-state index contributed by atoms with van der Waals surface area (Å²) in [7, 11) is -6.46. The molecule has 0 unspecified atom stereocenters. The van der Waals surface area contributed by atoms with E-state index in [1.54, 1.807) is 0 Å². The first kappa shape index (κ1) is 9.43. The lowest BCUT2D eigenvalue weighted by atomic mass is 12.0. The second-order valence-electron chi connectivity index (χ2n) is 1.97. The van der Waals surface area contributed by atoms with E-state index in [0.717, 1.165) is 12.5 Å². The average Bonchev–Trinajstić information content (AvgIpc) is 1.14. The van der Waals surface area contributed by atoms with Crippen LogP contribution < -0.4 is 0 Å². The van der Waals surface area contributed by atoms with Gasteiger partial charge in [-0.2, -0.15) is 0 Å². The molecule has 0 aliphatic carbocycles. The Balaban J connectivity index is 4.46. The Morgan fingerprint density at radius 1 is 0.889 bits per heavy atom. The maximum atomic E-state index is 10.3. The van der Waals surface area contributed by atoms with E-state index >= 15 is 0 Å². The zero-order chi connectivity index (χ0) is 7.71. The van der Waals surface area contributed by atoms with Crippen LogP contribution in [0.15, 0.2) is 0 Å². The smallest absolute Gasteiger partial charge is 0.251 e. The van der Waals surface area contributed by atoms with Crippen molar-refractivity contribution in [2.24, 2.45) is 0 Å². The lowest BCUT2D eigenvalue weighted by Gasteiger charge is -1.87. The Bertz CT molecular complexity index is 242. The molecule has 0 saturated heterocycles. The molecule has 0 amide bonds. The van der Waals surface area contributed by atoms with Gasteiger partial charge in [0.15, 0.2) is 0 Å². The van der Waals surface area contributed by atoms with Crippen LogP contribution in [0.4, 0.5) is 0 Å². The van der Waals surface area contributed by atoms with Crippen molar-refractivity contribution < 1.29 is 16.8 Å². The molecule has 9 heavy (non-hydrogen) atoms. The van der Waals surface area contributed by atoms with Crippen molar-refractivity contribution in [1.82, 2.24) is 0 Å². The molecular formula is C2H7AlO4S2. The molecule has 0 radical (unpaired) electrons. The summed E-state index contributed by atoms with van der Waals surface area (Å²) in [6.45, 7) is 0. The van der Waals surface area contributed by atoms with Crippen molar-refractivity contribution in [2.45, 2.75) is 0 Å². The fourth-order valence-corrected chi connectivity index (χ4v) is 10.5. The summed E-state index contributed by atoms with van der Waals surface area (Å²) in [6.07, 6.45) is 1.89. The van der Waals surface area contributed by atoms with Crippen LogP contribution in [0.2, 0.25) is 0 Å². The SMILES string of the molecule is C[S](=O)(=O)[AlH][S](C)(=O)=O. The molecule has 0 spiro atoms. The fourth-order valence-electron chi connectivity index (χ4n) is 0.389. The summed E-state index contributed by atoms with van der Waals surface area (Å²) in [5.41, 5.74) is 0. The van der Waals surface area contributed by atoms with Crippen LogP contribution in [0.5, 0.6) is 0 Å². The molecule has 54 valence electrons. The normalized spacial score (nSPS) is 13.1. The first-order chi connectivity index (χ1) is 3.71. The topological polar surface area (TPSA) is 68.3 Å². The zero-order valence-electron chi connectivity index (χ0n) is 5.16. The summed E-state index contributed by atoms with van der Waals surface area (Å²) >= 11 is -1.97. The van der Waals surface area contributed by atoms with Crippen LogP contribution in [0, 0.1) is 0 Å². The zero-order valence-corrected chi connectivity index (χ0v) is 8.20. The van der Waals surface area contributed by atoms with Crippen molar-refractivity contribution in [2.75, 3.05) is 12.5 Å². The fraction of sp³-hybridized carbons (Fsp3) is 1.00. The minimum atomic E-state index is -3.23. The van der Waals surface area contributed by atoms with Crippen LogP contribution in [0.25, 0.3) is 0 Å². The average molecular weight is 186 g/mol. The summed E-state index contributed by atoms with van der Waals surface area (Å²) in [5, 5.41) is 0. The minimum absolute atomic E-state index is 0.945. The van der Waals surface area contributed by atoms with Crippen molar-refractivity contribution in [3.8, 4) is 0 Å². The van der Waals surface area contributed by atoms with Crippen molar-refractivity contribution in [3.63, 3.8) is 0 Å². The van der Waals surface area contributed by atoms with E-state index in [1.807, 2.05) is 0 Å². The number of hydrogen-bond acceptors (Lipinski definition) is 4. The molecule has 0 aliphatic heterocycles. The van der Waals surface area contributed by atoms with Gasteiger partial charge in [-0.1, -0.05) is 0 Å². The van der Waals surface area contributed by atoms with Gasteiger partial charge in [0, 0.05) is 12.5 Å². The molecule has 0 atom stereocenters. The molecule has 0 rings (SSSR count). The highest BCUT2D eigenvalue weighted by atomic mass is 32.5. The van der Waals surface area contributed by atoms with Gasteiger partial charge in [-0.25, -0.2) is 0 Å². The third-order valence-electron chi connectivity index (χ3n) is 0.428. The lowest BCUT2D eigenvalue weighted by Crippen LogP contribution is -2.17. The third kappa shape index (κ3) is 8.43. The second kappa shape index (κ2) is 2.58. The van der Waals surface area contributed by atoms with Gasteiger partial charge < -0.3 is 0 Å². The molecular weight excluding hydrogens is 179 g/mol. The molecule has 0 aliphatic rings. The molecule has 0 saturated carbocycles. The minimum Gasteiger partial charge on any atom is -0.251 e. The molecule has 0 N–H and O–H groups in total. The Labute approximate surface area is 58.9 Å². The third-order valence-corrected chi connectivity index (χ3v) is 11.6. The second-order valence-corrected chi connectivity index (χ2v) is 15.0. The van der Waals surface area contributed by atoms with Gasteiger partial charge in [0.1, 0.15) is 0 Å². The summed E-state index contributed by atoms with van der Waals surface area (Å²) in [4.78, 5) is 0. The maximum Gasteiger partial charge on any atom is 0.608 e.